The Morgan fingerprint density at radius 2 is 2.14 bits per heavy atom. The number of likely N-dealkylation sites (tertiary alicyclic amines) is 1. The Kier molecular flexibility index (Phi) is 6.11. The minimum atomic E-state index is -1.12. The summed E-state index contributed by atoms with van der Waals surface area (Å²) in [5.74, 6) is -0.255. The van der Waals surface area contributed by atoms with Crippen molar-refractivity contribution in [3.05, 3.63) is 30.2 Å². The third-order valence-electron chi connectivity index (χ3n) is 7.00. The lowest BCUT2D eigenvalue weighted by atomic mass is 10.0. The van der Waals surface area contributed by atoms with Crippen LogP contribution >= 0.6 is 0 Å². The number of hydrogen-bond donors (Lipinski definition) is 1. The molecule has 3 aromatic heterocycles. The Morgan fingerprint density at radius 3 is 2.84 bits per heavy atom. The first kappa shape index (κ1) is 23.9. The van der Waals surface area contributed by atoms with Crippen LogP contribution in [0.25, 0.3) is 27.7 Å². The number of hydrogen-bond acceptors (Lipinski definition) is 8. The molecule has 3 atom stereocenters. The summed E-state index contributed by atoms with van der Waals surface area (Å²) in [6.07, 6.45) is -0.432. The molecule has 0 amide bonds. The van der Waals surface area contributed by atoms with E-state index in [0.717, 1.165) is 6.54 Å². The molecular weight excluding hydrogens is 489 g/mol. The van der Waals surface area contributed by atoms with E-state index < -0.39 is 24.2 Å². The van der Waals surface area contributed by atoms with E-state index >= 15 is 4.39 Å². The number of ether oxygens (including phenoxy) is 2. The molecule has 0 radical (unpaired) electrons. The number of halogens is 3. The second-order valence-electron chi connectivity index (χ2n) is 9.59. The maximum atomic E-state index is 15.3. The number of piperidine rings is 1. The highest BCUT2D eigenvalue weighted by atomic mass is 19.1. The smallest absolute Gasteiger partial charge is 0.244 e. The number of nitrogens with one attached hydrogen (secondary N) is 1. The van der Waals surface area contributed by atoms with Gasteiger partial charge in [-0.25, -0.2) is 22.4 Å². The molecule has 0 unspecified atom stereocenters. The number of aromatic nitrogens is 6. The highest BCUT2D eigenvalue weighted by Crippen LogP contribution is 2.35. The molecule has 5 heterocycles. The zero-order chi connectivity index (χ0) is 25.7. The molecule has 2 fully saturated rings. The predicted octanol–water partition coefficient (Wildman–Crippen LogP) is 2.87. The molecule has 0 aliphatic carbocycles. The average molecular weight is 517 g/mol. The quantitative estimate of drug-likeness (QED) is 0.401. The van der Waals surface area contributed by atoms with E-state index in [1.165, 1.54) is 29.4 Å². The second kappa shape index (κ2) is 9.45. The molecule has 2 aliphatic heterocycles. The summed E-state index contributed by atoms with van der Waals surface area (Å²) in [4.78, 5) is 6.53. The van der Waals surface area contributed by atoms with Crippen molar-refractivity contribution >= 4 is 22.5 Å². The lowest BCUT2D eigenvalue weighted by Crippen LogP contribution is -2.57. The predicted molar refractivity (Wildman–Crippen MR) is 130 cm³/mol. The fourth-order valence-corrected chi connectivity index (χ4v) is 5.02. The molecule has 196 valence electrons. The van der Waals surface area contributed by atoms with Crippen LogP contribution in [0.4, 0.5) is 19.1 Å². The first-order valence-electron chi connectivity index (χ1n) is 12.2. The summed E-state index contributed by atoms with van der Waals surface area (Å²) in [6.45, 7) is 3.80. The van der Waals surface area contributed by atoms with Gasteiger partial charge >= 0.3 is 0 Å². The molecule has 6 rings (SSSR count). The van der Waals surface area contributed by atoms with Gasteiger partial charge < -0.3 is 14.8 Å². The van der Waals surface area contributed by atoms with Gasteiger partial charge in [-0.05, 0) is 31.0 Å². The molecule has 37 heavy (non-hydrogen) atoms. The molecule has 2 saturated heterocycles. The van der Waals surface area contributed by atoms with Gasteiger partial charge in [0.1, 0.15) is 23.4 Å². The van der Waals surface area contributed by atoms with Crippen LogP contribution in [0, 0.1) is 5.82 Å². The van der Waals surface area contributed by atoms with Gasteiger partial charge in [0.05, 0.1) is 56.2 Å². The van der Waals surface area contributed by atoms with Crippen molar-refractivity contribution in [2.45, 2.75) is 44.3 Å². The summed E-state index contributed by atoms with van der Waals surface area (Å²) in [6, 6.07) is 4.91. The standard InChI is InChI=1S/C24H27F3N8O2/c1-13(25)8-34-20-7-14(3-4-19(20)30-32-34)21-17(27)10-35-22(21)23(36-2)29-24(31-35)28-18-5-6-33(9-16(18)26)15-11-37-12-15/h3-4,7,10,13,15-16,18H,5-6,8-9,11-12H2,1-2H3,(H,28,31)/t13-,16-,18-/m1/s1. The molecule has 1 N–H and O–H groups in total. The largest absolute Gasteiger partial charge is 0.479 e. The van der Waals surface area contributed by atoms with Crippen LogP contribution in [0.2, 0.25) is 0 Å². The minimum absolute atomic E-state index is 0.0311. The average Bonchev–Trinajstić information content (AvgIpc) is 3.38. The Labute approximate surface area is 210 Å². The number of nitrogens with zero attached hydrogens (tertiary/aromatic N) is 7. The lowest BCUT2D eigenvalue weighted by molar-refractivity contribution is -0.0794. The van der Waals surface area contributed by atoms with E-state index in [1.807, 2.05) is 0 Å². The van der Waals surface area contributed by atoms with E-state index in [1.54, 1.807) is 18.2 Å². The first-order valence-corrected chi connectivity index (χ1v) is 12.2. The van der Waals surface area contributed by atoms with Crippen molar-refractivity contribution in [2.24, 2.45) is 0 Å². The van der Waals surface area contributed by atoms with E-state index in [-0.39, 0.29) is 30.0 Å². The number of rotatable bonds is 7. The fraction of sp³-hybridized carbons (Fsp3) is 0.500. The summed E-state index contributed by atoms with van der Waals surface area (Å²) in [5, 5.41) is 15.5. The Bertz CT molecular complexity index is 1440. The number of alkyl halides is 2. The zero-order valence-corrected chi connectivity index (χ0v) is 20.4. The number of benzene rings is 1. The monoisotopic (exact) mass is 516 g/mol. The number of methoxy groups -OCH3 is 1. The Hall–Kier alpha value is -3.45. The zero-order valence-electron chi connectivity index (χ0n) is 20.4. The SMILES string of the molecule is COc1nc(N[C@@H]2CCN(C3COC3)C[C@H]2F)nn2cc(F)c(-c3ccc4nnn(C[C@@H](C)F)c4c3)c12. The molecule has 13 heteroatoms. The van der Waals surface area contributed by atoms with Crippen molar-refractivity contribution in [1.29, 1.82) is 0 Å². The van der Waals surface area contributed by atoms with Crippen LogP contribution in [0.15, 0.2) is 24.4 Å². The van der Waals surface area contributed by atoms with E-state index in [2.05, 4.69) is 30.6 Å². The van der Waals surface area contributed by atoms with E-state index in [9.17, 15) is 8.78 Å². The van der Waals surface area contributed by atoms with Crippen LogP contribution in [-0.4, -0.2) is 92.3 Å². The van der Waals surface area contributed by atoms with Crippen molar-refractivity contribution in [3.8, 4) is 17.0 Å². The second-order valence-corrected chi connectivity index (χ2v) is 9.59. The van der Waals surface area contributed by atoms with Crippen molar-refractivity contribution < 1.29 is 22.6 Å². The summed E-state index contributed by atoms with van der Waals surface area (Å²) in [7, 11) is 1.43. The third-order valence-corrected chi connectivity index (χ3v) is 7.00. The molecule has 1 aromatic carbocycles. The lowest BCUT2D eigenvalue weighted by Gasteiger charge is -2.42. The fourth-order valence-electron chi connectivity index (χ4n) is 5.02. The van der Waals surface area contributed by atoms with Gasteiger partial charge in [0, 0.05) is 13.1 Å². The van der Waals surface area contributed by atoms with Gasteiger partial charge in [-0.3, -0.25) is 4.90 Å². The highest BCUT2D eigenvalue weighted by Gasteiger charge is 2.36. The molecule has 4 aromatic rings. The first-order chi connectivity index (χ1) is 17.9. The van der Waals surface area contributed by atoms with Crippen molar-refractivity contribution in [1.82, 2.24) is 34.5 Å². The van der Waals surface area contributed by atoms with E-state index in [0.29, 0.717) is 48.3 Å². The molecule has 0 saturated carbocycles. The molecule has 0 spiro atoms. The highest BCUT2D eigenvalue weighted by molar-refractivity contribution is 5.89. The number of fused-ring (bicyclic) bond motifs is 2. The van der Waals surface area contributed by atoms with Crippen LogP contribution in [-0.2, 0) is 11.3 Å². The topological polar surface area (TPSA) is 94.6 Å². The maximum Gasteiger partial charge on any atom is 0.244 e. The minimum Gasteiger partial charge on any atom is -0.479 e. The number of anilines is 1. The van der Waals surface area contributed by atoms with Crippen LogP contribution in [0.5, 0.6) is 5.88 Å². The van der Waals surface area contributed by atoms with Gasteiger partial charge in [0.15, 0.2) is 5.82 Å². The van der Waals surface area contributed by atoms with Crippen LogP contribution < -0.4 is 10.1 Å². The van der Waals surface area contributed by atoms with Crippen molar-refractivity contribution in [3.63, 3.8) is 0 Å². The van der Waals surface area contributed by atoms with Gasteiger partial charge in [-0.1, -0.05) is 11.3 Å². The summed E-state index contributed by atoms with van der Waals surface area (Å²) in [5.41, 5.74) is 2.21. The molecule has 2 aliphatic rings. The summed E-state index contributed by atoms with van der Waals surface area (Å²) >= 11 is 0. The van der Waals surface area contributed by atoms with Gasteiger partial charge in [-0.15, -0.1) is 10.2 Å². The Morgan fingerprint density at radius 1 is 1.30 bits per heavy atom. The van der Waals surface area contributed by atoms with Crippen LogP contribution in [0.1, 0.15) is 13.3 Å². The maximum absolute atomic E-state index is 15.3. The molecule has 10 nitrogen and oxygen atoms in total. The van der Waals surface area contributed by atoms with Crippen LogP contribution in [0.3, 0.4) is 0 Å². The third kappa shape index (κ3) is 4.35. The van der Waals surface area contributed by atoms with Gasteiger partial charge in [0.2, 0.25) is 11.8 Å². The summed E-state index contributed by atoms with van der Waals surface area (Å²) < 4.78 is 57.4. The normalized spacial score (nSPS) is 21.9. The Balaban J connectivity index is 1.32. The molecule has 0 bridgehead atoms. The van der Waals surface area contributed by atoms with Gasteiger partial charge in [0.25, 0.3) is 0 Å². The van der Waals surface area contributed by atoms with Gasteiger partial charge in [-0.2, -0.15) is 4.98 Å². The van der Waals surface area contributed by atoms with Crippen molar-refractivity contribution in [2.75, 3.05) is 38.7 Å². The molecular formula is C24H27F3N8O2. The van der Waals surface area contributed by atoms with E-state index in [4.69, 9.17) is 9.47 Å².